The maximum Gasteiger partial charge on any atom is 0.293 e. The molecular formula is C20H18N4O3. The summed E-state index contributed by atoms with van der Waals surface area (Å²) in [4.78, 5) is 27.3. The first-order valence-electron chi connectivity index (χ1n) is 8.32. The Morgan fingerprint density at radius 2 is 1.93 bits per heavy atom. The molecule has 2 aromatic carbocycles. The van der Waals surface area contributed by atoms with E-state index in [4.69, 9.17) is 0 Å². The fourth-order valence-electron chi connectivity index (χ4n) is 2.51. The number of nitro benzene ring substituents is 1. The zero-order valence-corrected chi connectivity index (χ0v) is 14.7. The Morgan fingerprint density at radius 3 is 2.59 bits per heavy atom. The Balaban J connectivity index is 1.77. The number of rotatable bonds is 6. The number of hydrogen-bond acceptors (Lipinski definition) is 5. The van der Waals surface area contributed by atoms with Crippen molar-refractivity contribution < 1.29 is 9.72 Å². The van der Waals surface area contributed by atoms with Gasteiger partial charge in [-0.25, -0.2) is 0 Å². The number of hydrogen-bond donors (Lipinski definition) is 2. The lowest BCUT2D eigenvalue weighted by molar-refractivity contribution is -0.384. The van der Waals surface area contributed by atoms with Crippen LogP contribution in [0.1, 0.15) is 21.5 Å². The molecule has 3 rings (SSSR count). The van der Waals surface area contributed by atoms with Crippen molar-refractivity contribution in [2.75, 3.05) is 10.6 Å². The van der Waals surface area contributed by atoms with Gasteiger partial charge in [-0.2, -0.15) is 0 Å². The Labute approximate surface area is 156 Å². The van der Waals surface area contributed by atoms with Gasteiger partial charge in [0.15, 0.2) is 0 Å². The van der Waals surface area contributed by atoms with Crippen LogP contribution in [0.3, 0.4) is 0 Å². The van der Waals surface area contributed by atoms with Gasteiger partial charge in [-0.05, 0) is 42.8 Å². The molecule has 1 amide bonds. The highest BCUT2D eigenvalue weighted by atomic mass is 16.6. The van der Waals surface area contributed by atoms with Crippen molar-refractivity contribution in [3.8, 4) is 0 Å². The third-order valence-electron chi connectivity index (χ3n) is 3.97. The first-order chi connectivity index (χ1) is 13.0. The molecule has 1 heterocycles. The maximum absolute atomic E-state index is 12.4. The largest absolute Gasteiger partial charge is 0.375 e. The predicted molar refractivity (Wildman–Crippen MR) is 104 cm³/mol. The first-order valence-corrected chi connectivity index (χ1v) is 8.32. The molecule has 1 aromatic heterocycles. The second kappa shape index (κ2) is 8.09. The summed E-state index contributed by atoms with van der Waals surface area (Å²) < 4.78 is 0. The molecule has 0 aliphatic carbocycles. The minimum atomic E-state index is -0.506. The van der Waals surface area contributed by atoms with Crippen molar-refractivity contribution in [3.05, 3.63) is 93.8 Å². The summed E-state index contributed by atoms with van der Waals surface area (Å²) in [6.07, 6.45) is 3.34. The molecule has 0 fully saturated rings. The number of amides is 1. The minimum Gasteiger partial charge on any atom is -0.375 e. The van der Waals surface area contributed by atoms with E-state index < -0.39 is 10.8 Å². The average molecular weight is 362 g/mol. The number of aromatic nitrogens is 1. The van der Waals surface area contributed by atoms with Gasteiger partial charge in [0.1, 0.15) is 5.69 Å². The molecular weight excluding hydrogens is 344 g/mol. The number of pyridine rings is 1. The zero-order valence-electron chi connectivity index (χ0n) is 14.7. The quantitative estimate of drug-likeness (QED) is 0.507. The highest BCUT2D eigenvalue weighted by Crippen LogP contribution is 2.26. The molecule has 0 unspecified atom stereocenters. The molecule has 0 atom stereocenters. The monoisotopic (exact) mass is 362 g/mol. The van der Waals surface area contributed by atoms with Gasteiger partial charge in [-0.1, -0.05) is 23.8 Å². The minimum absolute atomic E-state index is 0.157. The van der Waals surface area contributed by atoms with Crippen LogP contribution in [-0.4, -0.2) is 15.8 Å². The van der Waals surface area contributed by atoms with E-state index in [-0.39, 0.29) is 11.3 Å². The molecule has 136 valence electrons. The van der Waals surface area contributed by atoms with E-state index in [0.29, 0.717) is 17.9 Å². The fraction of sp³-hybridized carbons (Fsp3) is 0.100. The summed E-state index contributed by atoms with van der Waals surface area (Å²) in [5, 5.41) is 17.2. The molecule has 2 N–H and O–H groups in total. The molecule has 0 aliphatic rings. The van der Waals surface area contributed by atoms with Gasteiger partial charge < -0.3 is 10.6 Å². The normalized spacial score (nSPS) is 10.3. The van der Waals surface area contributed by atoms with Crippen LogP contribution in [-0.2, 0) is 6.54 Å². The van der Waals surface area contributed by atoms with Gasteiger partial charge in [-0.15, -0.1) is 0 Å². The average Bonchev–Trinajstić information content (AvgIpc) is 2.68. The molecule has 7 nitrogen and oxygen atoms in total. The molecule has 0 aliphatic heterocycles. The Hall–Kier alpha value is -3.74. The van der Waals surface area contributed by atoms with Crippen molar-refractivity contribution in [1.29, 1.82) is 0 Å². The molecule has 0 bridgehead atoms. The van der Waals surface area contributed by atoms with Crippen molar-refractivity contribution in [2.24, 2.45) is 0 Å². The van der Waals surface area contributed by atoms with Crippen LogP contribution in [0.25, 0.3) is 0 Å². The SMILES string of the molecule is Cc1ccc(NC(=O)c2ccc(NCc3cccnc3)c([N+](=O)[O-])c2)cc1. The summed E-state index contributed by atoms with van der Waals surface area (Å²) in [7, 11) is 0. The lowest BCUT2D eigenvalue weighted by Crippen LogP contribution is -2.12. The van der Waals surface area contributed by atoms with Crippen LogP contribution in [0.2, 0.25) is 0 Å². The Bertz CT molecular complexity index is 957. The number of nitro groups is 1. The van der Waals surface area contributed by atoms with Crippen molar-refractivity contribution in [1.82, 2.24) is 4.98 Å². The summed E-state index contributed by atoms with van der Waals surface area (Å²) in [5.41, 5.74) is 3.01. The zero-order chi connectivity index (χ0) is 19.2. The third kappa shape index (κ3) is 4.66. The Kier molecular flexibility index (Phi) is 5.41. The van der Waals surface area contributed by atoms with Crippen molar-refractivity contribution in [3.63, 3.8) is 0 Å². The number of carbonyl (C=O) groups is 1. The van der Waals surface area contributed by atoms with E-state index in [9.17, 15) is 14.9 Å². The van der Waals surface area contributed by atoms with E-state index in [1.807, 2.05) is 25.1 Å². The van der Waals surface area contributed by atoms with Crippen molar-refractivity contribution in [2.45, 2.75) is 13.5 Å². The first kappa shape index (κ1) is 18.1. The van der Waals surface area contributed by atoms with Gasteiger partial charge in [0.05, 0.1) is 4.92 Å². The third-order valence-corrected chi connectivity index (χ3v) is 3.97. The van der Waals surface area contributed by atoms with E-state index in [2.05, 4.69) is 15.6 Å². The highest BCUT2D eigenvalue weighted by Gasteiger charge is 2.17. The lowest BCUT2D eigenvalue weighted by atomic mass is 10.1. The predicted octanol–water partition coefficient (Wildman–Crippen LogP) is 4.16. The smallest absolute Gasteiger partial charge is 0.293 e. The number of nitrogens with zero attached hydrogens (tertiary/aromatic N) is 2. The van der Waals surface area contributed by atoms with Gasteiger partial charge >= 0.3 is 0 Å². The lowest BCUT2D eigenvalue weighted by Gasteiger charge is -2.09. The van der Waals surface area contributed by atoms with Gasteiger partial charge in [0.25, 0.3) is 11.6 Å². The maximum atomic E-state index is 12.4. The molecule has 0 radical (unpaired) electrons. The van der Waals surface area contributed by atoms with Gasteiger partial charge in [0.2, 0.25) is 0 Å². The van der Waals surface area contributed by atoms with Crippen LogP contribution in [0.4, 0.5) is 17.1 Å². The molecule has 7 heteroatoms. The summed E-state index contributed by atoms with van der Waals surface area (Å²) in [6, 6.07) is 15.4. The molecule has 3 aromatic rings. The van der Waals surface area contributed by atoms with E-state index in [1.54, 1.807) is 42.7 Å². The van der Waals surface area contributed by atoms with Gasteiger partial charge in [-0.3, -0.25) is 19.9 Å². The number of aryl methyl sites for hydroxylation is 1. The molecule has 0 saturated heterocycles. The summed E-state index contributed by atoms with van der Waals surface area (Å²) in [5.74, 6) is -0.402. The van der Waals surface area contributed by atoms with E-state index >= 15 is 0 Å². The van der Waals surface area contributed by atoms with E-state index in [1.165, 1.54) is 6.07 Å². The summed E-state index contributed by atoms with van der Waals surface area (Å²) >= 11 is 0. The van der Waals surface area contributed by atoms with Crippen molar-refractivity contribution >= 4 is 23.0 Å². The topological polar surface area (TPSA) is 97.2 Å². The fourth-order valence-corrected chi connectivity index (χ4v) is 2.51. The van der Waals surface area contributed by atoms with Crippen LogP contribution in [0.15, 0.2) is 67.0 Å². The molecule has 0 spiro atoms. The van der Waals surface area contributed by atoms with E-state index in [0.717, 1.165) is 11.1 Å². The second-order valence-electron chi connectivity index (χ2n) is 6.02. The molecule has 27 heavy (non-hydrogen) atoms. The van der Waals surface area contributed by atoms with Crippen LogP contribution in [0.5, 0.6) is 0 Å². The van der Waals surface area contributed by atoms with Crippen LogP contribution >= 0.6 is 0 Å². The summed E-state index contributed by atoms with van der Waals surface area (Å²) in [6.45, 7) is 2.34. The second-order valence-corrected chi connectivity index (χ2v) is 6.02. The highest BCUT2D eigenvalue weighted by molar-refractivity contribution is 6.05. The number of nitrogens with one attached hydrogen (secondary N) is 2. The van der Waals surface area contributed by atoms with Gasteiger partial charge in [0, 0.05) is 36.3 Å². The number of anilines is 2. The molecule has 0 saturated carbocycles. The Morgan fingerprint density at radius 1 is 1.15 bits per heavy atom. The van der Waals surface area contributed by atoms with Crippen LogP contribution in [0, 0.1) is 17.0 Å². The standard InChI is InChI=1S/C20H18N4O3/c1-14-4-7-17(8-5-14)23-20(25)16-6-9-18(19(11-16)24(26)27)22-13-15-3-2-10-21-12-15/h2-12,22H,13H2,1H3,(H,23,25). The number of benzene rings is 2. The number of carbonyl (C=O) groups excluding carboxylic acids is 1. The van der Waals surface area contributed by atoms with Crippen LogP contribution < -0.4 is 10.6 Å².